The minimum atomic E-state index is -0.0110. The minimum absolute atomic E-state index is 0.0110. The summed E-state index contributed by atoms with van der Waals surface area (Å²) in [6, 6.07) is 0. The molecule has 1 spiro atoms. The van der Waals surface area contributed by atoms with Crippen molar-refractivity contribution in [3.05, 3.63) is 7.05 Å². The molecule has 3 nitrogen and oxygen atoms in total. The largest absolute Gasteiger partial charge is 0.459 e. The third-order valence-corrected chi connectivity index (χ3v) is 3.54. The van der Waals surface area contributed by atoms with Crippen LogP contribution in [0.1, 0.15) is 19.3 Å². The minimum Gasteiger partial charge on any atom is -0.459 e. The lowest BCUT2D eigenvalue weighted by Gasteiger charge is -2.39. The highest BCUT2D eigenvalue weighted by molar-refractivity contribution is 5.84. The van der Waals surface area contributed by atoms with Crippen LogP contribution in [0.4, 0.5) is 0 Å². The van der Waals surface area contributed by atoms with Crippen LogP contribution in [-0.2, 0) is 4.79 Å². The monoisotopic (exact) mass is 181 g/mol. The molecule has 2 aliphatic heterocycles. The van der Waals surface area contributed by atoms with Gasteiger partial charge in [0.2, 0.25) is 5.91 Å². The molecule has 74 valence electrons. The van der Waals surface area contributed by atoms with Gasteiger partial charge in [0.1, 0.15) is 0 Å². The van der Waals surface area contributed by atoms with Crippen LogP contribution in [0.3, 0.4) is 0 Å². The molecule has 3 heteroatoms. The molecular weight excluding hydrogens is 164 g/mol. The van der Waals surface area contributed by atoms with Crippen molar-refractivity contribution in [3.8, 4) is 0 Å². The molecule has 2 fully saturated rings. The van der Waals surface area contributed by atoms with Crippen LogP contribution in [0.5, 0.6) is 0 Å². The van der Waals surface area contributed by atoms with Gasteiger partial charge in [-0.15, -0.1) is 0 Å². The zero-order chi connectivity index (χ0) is 9.47. The number of nitrogens with zero attached hydrogens (tertiary/aromatic N) is 2. The Kier molecular flexibility index (Phi) is 2.06. The maximum absolute atomic E-state index is 11.9. The van der Waals surface area contributed by atoms with E-state index in [0.29, 0.717) is 5.91 Å². The zero-order valence-electron chi connectivity index (χ0n) is 8.25. The SMILES string of the molecule is [CH2-]N1CCC2(CC1)CCN(C)C2=O. The Balaban J connectivity index is 2.09. The number of amides is 1. The number of likely N-dealkylation sites (tertiary alicyclic amines) is 2. The molecule has 2 heterocycles. The first-order valence-electron chi connectivity index (χ1n) is 4.95. The summed E-state index contributed by atoms with van der Waals surface area (Å²) in [7, 11) is 5.81. The molecule has 13 heavy (non-hydrogen) atoms. The van der Waals surface area contributed by atoms with Crippen LogP contribution in [0.2, 0.25) is 0 Å². The van der Waals surface area contributed by atoms with Crippen LogP contribution < -0.4 is 0 Å². The molecule has 0 saturated carbocycles. The number of carbonyl (C=O) groups excluding carboxylic acids is 1. The van der Waals surface area contributed by atoms with Crippen LogP contribution in [0, 0.1) is 12.5 Å². The predicted molar refractivity (Wildman–Crippen MR) is 50.9 cm³/mol. The van der Waals surface area contributed by atoms with E-state index in [1.54, 1.807) is 0 Å². The molecule has 0 aliphatic carbocycles. The molecule has 0 aromatic heterocycles. The Morgan fingerprint density at radius 2 is 1.77 bits per heavy atom. The molecule has 0 N–H and O–H groups in total. The Bertz CT molecular complexity index is 219. The van der Waals surface area contributed by atoms with E-state index < -0.39 is 0 Å². The van der Waals surface area contributed by atoms with Gasteiger partial charge in [-0.05, 0) is 32.4 Å². The average molecular weight is 181 g/mol. The summed E-state index contributed by atoms with van der Waals surface area (Å²) in [5.41, 5.74) is -0.0110. The van der Waals surface area contributed by atoms with E-state index >= 15 is 0 Å². The highest BCUT2D eigenvalue weighted by Crippen LogP contribution is 2.40. The maximum Gasteiger partial charge on any atom is 0.228 e. The number of hydrogen-bond acceptors (Lipinski definition) is 2. The molecule has 0 radical (unpaired) electrons. The molecule has 0 atom stereocenters. The van der Waals surface area contributed by atoms with E-state index in [1.165, 1.54) is 0 Å². The molecule has 1 amide bonds. The van der Waals surface area contributed by atoms with Crippen molar-refractivity contribution >= 4 is 5.91 Å². The molecule has 0 bridgehead atoms. The fourth-order valence-corrected chi connectivity index (χ4v) is 2.44. The Morgan fingerprint density at radius 1 is 1.23 bits per heavy atom. The van der Waals surface area contributed by atoms with Crippen molar-refractivity contribution < 1.29 is 4.79 Å². The summed E-state index contributed by atoms with van der Waals surface area (Å²) in [6.45, 7) is 2.88. The van der Waals surface area contributed by atoms with Crippen molar-refractivity contribution in [2.45, 2.75) is 19.3 Å². The van der Waals surface area contributed by atoms with E-state index in [-0.39, 0.29) is 5.41 Å². The van der Waals surface area contributed by atoms with Crippen LogP contribution in [0.15, 0.2) is 0 Å². The quantitative estimate of drug-likeness (QED) is 0.514. The van der Waals surface area contributed by atoms with E-state index in [2.05, 4.69) is 11.9 Å². The normalized spacial score (nSPS) is 28.8. The number of rotatable bonds is 0. The smallest absolute Gasteiger partial charge is 0.228 e. The standard InChI is InChI=1S/C10H17N2O/c1-11-6-3-10(4-7-11)5-8-12(2)9(10)13/h1,3-8H2,2H3/q-1. The Hall–Kier alpha value is -0.570. The molecule has 0 aromatic carbocycles. The van der Waals surface area contributed by atoms with Crippen molar-refractivity contribution in [1.29, 1.82) is 0 Å². The Morgan fingerprint density at radius 3 is 2.23 bits per heavy atom. The summed E-state index contributed by atoms with van der Waals surface area (Å²) in [4.78, 5) is 15.8. The second-order valence-corrected chi connectivity index (χ2v) is 4.38. The van der Waals surface area contributed by atoms with Gasteiger partial charge < -0.3 is 9.80 Å². The number of piperidine rings is 1. The lowest BCUT2D eigenvalue weighted by Crippen LogP contribution is -2.41. The van der Waals surface area contributed by atoms with Crippen molar-refractivity contribution in [3.63, 3.8) is 0 Å². The lowest BCUT2D eigenvalue weighted by molar-refractivity contribution is -0.137. The van der Waals surface area contributed by atoms with Crippen LogP contribution in [0.25, 0.3) is 0 Å². The van der Waals surface area contributed by atoms with Gasteiger partial charge in [-0.2, -0.15) is 0 Å². The maximum atomic E-state index is 11.9. The van der Waals surface area contributed by atoms with Gasteiger partial charge in [-0.3, -0.25) is 11.8 Å². The van der Waals surface area contributed by atoms with Gasteiger partial charge in [0.25, 0.3) is 0 Å². The van der Waals surface area contributed by atoms with Crippen molar-refractivity contribution in [2.75, 3.05) is 26.7 Å². The topological polar surface area (TPSA) is 23.6 Å². The van der Waals surface area contributed by atoms with Gasteiger partial charge in [0.15, 0.2) is 0 Å². The van der Waals surface area contributed by atoms with Gasteiger partial charge in [-0.1, -0.05) is 0 Å². The second kappa shape index (κ2) is 2.98. The summed E-state index contributed by atoms with van der Waals surface area (Å²) in [5, 5.41) is 0. The van der Waals surface area contributed by atoms with Gasteiger partial charge in [0, 0.05) is 13.6 Å². The molecule has 2 aliphatic rings. The molecule has 0 aromatic rings. The van der Waals surface area contributed by atoms with Crippen molar-refractivity contribution in [2.24, 2.45) is 5.41 Å². The summed E-state index contributed by atoms with van der Waals surface area (Å²) in [6.07, 6.45) is 3.05. The van der Waals surface area contributed by atoms with Crippen molar-refractivity contribution in [1.82, 2.24) is 9.80 Å². The highest BCUT2D eigenvalue weighted by atomic mass is 16.2. The van der Waals surface area contributed by atoms with Gasteiger partial charge in [0.05, 0.1) is 5.41 Å². The zero-order valence-corrected chi connectivity index (χ0v) is 8.25. The summed E-state index contributed by atoms with van der Waals surface area (Å²) in [5.74, 6) is 0.362. The Labute approximate surface area is 79.7 Å². The second-order valence-electron chi connectivity index (χ2n) is 4.38. The third-order valence-electron chi connectivity index (χ3n) is 3.54. The fraction of sp³-hybridized carbons (Fsp3) is 0.800. The van der Waals surface area contributed by atoms with E-state index in [1.807, 2.05) is 11.9 Å². The first kappa shape index (κ1) is 9.00. The van der Waals surface area contributed by atoms with Gasteiger partial charge in [-0.25, -0.2) is 0 Å². The predicted octanol–water partition coefficient (Wildman–Crippen LogP) is 0.722. The molecule has 2 saturated heterocycles. The van der Waals surface area contributed by atoms with E-state index in [0.717, 1.165) is 38.9 Å². The summed E-state index contributed by atoms with van der Waals surface area (Å²) >= 11 is 0. The number of carbonyl (C=O) groups is 1. The van der Waals surface area contributed by atoms with Gasteiger partial charge >= 0.3 is 0 Å². The van der Waals surface area contributed by atoms with E-state index in [9.17, 15) is 4.79 Å². The van der Waals surface area contributed by atoms with Crippen LogP contribution in [-0.4, -0.2) is 42.4 Å². The number of hydrogen-bond donors (Lipinski definition) is 0. The molecular formula is C10H17N2O-. The lowest BCUT2D eigenvalue weighted by atomic mass is 9.77. The molecule has 2 rings (SSSR count). The summed E-state index contributed by atoms with van der Waals surface area (Å²) < 4.78 is 0. The highest BCUT2D eigenvalue weighted by Gasteiger charge is 2.45. The third kappa shape index (κ3) is 1.35. The van der Waals surface area contributed by atoms with Crippen LogP contribution >= 0.6 is 0 Å². The first-order valence-corrected chi connectivity index (χ1v) is 4.95. The first-order chi connectivity index (χ1) is 6.14. The average Bonchev–Trinajstić information content (AvgIpc) is 2.40. The fourth-order valence-electron chi connectivity index (χ4n) is 2.44. The molecule has 0 unspecified atom stereocenters. The van der Waals surface area contributed by atoms with E-state index in [4.69, 9.17) is 0 Å².